The summed E-state index contributed by atoms with van der Waals surface area (Å²) in [5.74, 6) is 2.39. The molecule has 2 unspecified atom stereocenters. The van der Waals surface area contributed by atoms with Crippen molar-refractivity contribution in [1.82, 2.24) is 0 Å². The second kappa shape index (κ2) is 15.8. The van der Waals surface area contributed by atoms with Gasteiger partial charge in [0.2, 0.25) is 0 Å². The molecule has 0 amide bonds. The summed E-state index contributed by atoms with van der Waals surface area (Å²) < 4.78 is 30.3. The fourth-order valence-electron chi connectivity index (χ4n) is 4.62. The highest BCUT2D eigenvalue weighted by Gasteiger charge is 2.33. The number of alkyl halides is 1. The Kier molecular flexibility index (Phi) is 12.4. The molecule has 212 valence electrons. The van der Waals surface area contributed by atoms with Crippen LogP contribution in [0.1, 0.15) is 87.8 Å². The van der Waals surface area contributed by atoms with Crippen LogP contribution in [-0.4, -0.2) is 6.67 Å². The number of nitrogens with two attached hydrogens (primary N) is 1. The molecule has 1 aliphatic rings. The van der Waals surface area contributed by atoms with Gasteiger partial charge in [-0.15, -0.1) is 11.8 Å². The van der Waals surface area contributed by atoms with E-state index < -0.39 is 0 Å². The first-order chi connectivity index (χ1) is 18.9. The molecule has 0 fully saturated rings. The Bertz CT molecular complexity index is 1120. The number of halogens is 2. The van der Waals surface area contributed by atoms with Gasteiger partial charge in [-0.25, -0.2) is 0 Å². The number of hydrogen-bond donors (Lipinski definition) is 1. The fourth-order valence-corrected chi connectivity index (χ4v) is 5.94. The van der Waals surface area contributed by atoms with Crippen LogP contribution in [-0.2, 0) is 6.42 Å². The summed E-state index contributed by atoms with van der Waals surface area (Å²) in [6.07, 6.45) is 6.39. The molecule has 0 aliphatic carbocycles. The van der Waals surface area contributed by atoms with Crippen molar-refractivity contribution in [3.8, 4) is 11.5 Å². The maximum atomic E-state index is 12.8. The highest BCUT2D eigenvalue weighted by Crippen LogP contribution is 2.54. The molecule has 3 nitrogen and oxygen atoms in total. The van der Waals surface area contributed by atoms with Crippen molar-refractivity contribution in [2.24, 2.45) is 11.8 Å². The van der Waals surface area contributed by atoms with E-state index in [0.29, 0.717) is 0 Å². The SMILES string of the molecule is CCCCF.CC[C@H](CCC(C)C)Cc1ccc(C2Oc3ccc(OF)cc3SC2c2ccc(N)cc2)cc1. The van der Waals surface area contributed by atoms with E-state index in [1.54, 1.807) is 30.0 Å². The molecule has 0 spiro atoms. The summed E-state index contributed by atoms with van der Waals surface area (Å²) in [5, 5.41) is 0.00300. The Hall–Kier alpha value is -2.73. The predicted octanol–water partition coefficient (Wildman–Crippen LogP) is 10.3. The molecular weight excluding hydrogens is 512 g/mol. The summed E-state index contributed by atoms with van der Waals surface area (Å²) in [7, 11) is 0. The molecule has 0 aromatic heterocycles. The Balaban J connectivity index is 0.000000771. The summed E-state index contributed by atoms with van der Waals surface area (Å²) in [5.41, 5.74) is 10.3. The van der Waals surface area contributed by atoms with E-state index in [-0.39, 0.29) is 23.8 Å². The molecule has 2 N–H and O–H groups in total. The third-order valence-corrected chi connectivity index (χ3v) is 8.45. The minimum Gasteiger partial charge on any atom is -0.483 e. The van der Waals surface area contributed by atoms with E-state index in [9.17, 15) is 8.92 Å². The first-order valence-corrected chi connectivity index (χ1v) is 15.0. The van der Waals surface area contributed by atoms with Gasteiger partial charge >= 0.3 is 0 Å². The average Bonchev–Trinajstić information content (AvgIpc) is 2.95. The molecule has 1 aliphatic heterocycles. The lowest BCUT2D eigenvalue weighted by Gasteiger charge is -2.34. The molecule has 3 atom stereocenters. The first kappa shape index (κ1) is 30.8. The van der Waals surface area contributed by atoms with Gasteiger partial charge in [-0.1, -0.05) is 83.4 Å². The van der Waals surface area contributed by atoms with E-state index in [1.807, 2.05) is 31.2 Å². The summed E-state index contributed by atoms with van der Waals surface area (Å²) >= 11 is 1.66. The predicted molar refractivity (Wildman–Crippen MR) is 160 cm³/mol. The van der Waals surface area contributed by atoms with Gasteiger partial charge in [0, 0.05) is 16.3 Å². The third kappa shape index (κ3) is 9.16. The molecule has 4 rings (SSSR count). The zero-order chi connectivity index (χ0) is 28.2. The number of thioether (sulfide) groups is 1. The van der Waals surface area contributed by atoms with Crippen LogP contribution in [0.25, 0.3) is 0 Å². The molecule has 0 saturated carbocycles. The topological polar surface area (TPSA) is 44.5 Å². The zero-order valence-corrected chi connectivity index (χ0v) is 24.5. The van der Waals surface area contributed by atoms with E-state index in [1.165, 1.54) is 24.8 Å². The van der Waals surface area contributed by atoms with Crippen LogP contribution < -0.4 is 15.4 Å². The fraction of sp³-hybridized carbons (Fsp3) is 0.455. The van der Waals surface area contributed by atoms with Crippen LogP contribution in [0.5, 0.6) is 11.5 Å². The van der Waals surface area contributed by atoms with Crippen molar-refractivity contribution >= 4 is 17.4 Å². The van der Waals surface area contributed by atoms with Gasteiger partial charge in [-0.05, 0) is 72.1 Å². The number of fused-ring (bicyclic) bond motifs is 1. The number of nitrogen functional groups attached to an aromatic ring is 1. The van der Waals surface area contributed by atoms with Crippen molar-refractivity contribution in [2.75, 3.05) is 12.4 Å². The maximum Gasteiger partial charge on any atom is 0.173 e. The smallest absolute Gasteiger partial charge is 0.173 e. The van der Waals surface area contributed by atoms with Crippen molar-refractivity contribution in [1.29, 1.82) is 0 Å². The molecule has 0 saturated heterocycles. The quantitative estimate of drug-likeness (QED) is 0.239. The normalized spacial score (nSPS) is 17.0. The molecular formula is C33H43F2NO2S. The van der Waals surface area contributed by atoms with Crippen molar-refractivity contribution in [3.63, 3.8) is 0 Å². The van der Waals surface area contributed by atoms with E-state index in [4.69, 9.17) is 10.5 Å². The third-order valence-electron chi connectivity index (χ3n) is 7.10. The first-order valence-electron chi connectivity index (χ1n) is 14.1. The number of ether oxygens (including phenoxy) is 1. The molecule has 3 aromatic carbocycles. The van der Waals surface area contributed by atoms with Crippen molar-refractivity contribution < 1.29 is 18.6 Å². The monoisotopic (exact) mass is 555 g/mol. The van der Waals surface area contributed by atoms with Crippen molar-refractivity contribution in [2.45, 2.75) is 82.5 Å². The number of unbranched alkanes of at least 4 members (excludes halogenated alkanes) is 1. The summed E-state index contributed by atoms with van der Waals surface area (Å²) in [6, 6.07) is 21.8. The average molecular weight is 556 g/mol. The van der Waals surface area contributed by atoms with E-state index in [2.05, 4.69) is 50.0 Å². The Morgan fingerprint density at radius 1 is 0.949 bits per heavy atom. The van der Waals surface area contributed by atoms with Crippen LogP contribution >= 0.6 is 11.8 Å². The zero-order valence-electron chi connectivity index (χ0n) is 23.7. The van der Waals surface area contributed by atoms with Gasteiger partial charge in [0.05, 0.1) is 16.8 Å². The molecule has 0 bridgehead atoms. The van der Waals surface area contributed by atoms with E-state index >= 15 is 0 Å². The van der Waals surface area contributed by atoms with Gasteiger partial charge in [0.15, 0.2) is 5.75 Å². The number of rotatable bonds is 11. The van der Waals surface area contributed by atoms with Crippen LogP contribution in [0.15, 0.2) is 71.6 Å². The lowest BCUT2D eigenvalue weighted by atomic mass is 9.89. The van der Waals surface area contributed by atoms with Crippen LogP contribution in [0.2, 0.25) is 0 Å². The number of hydrogen-bond acceptors (Lipinski definition) is 4. The standard InChI is InChI=1S/C29H34FNO2S.C4H9F/c1-4-20(6-5-19(2)3)17-21-7-9-22(10-8-21)28-29(23-11-13-24(31)14-12-23)34-27-18-25(33-30)15-16-26(27)32-28;1-2-3-4-5/h7-16,18-20,28-29H,4-6,17,31H2,1-3H3;2-4H2,1H3/t20-,28?,29?;/m1./s1. The maximum absolute atomic E-state index is 12.8. The second-order valence-electron chi connectivity index (χ2n) is 10.7. The van der Waals surface area contributed by atoms with Gasteiger partial charge in [-0.3, -0.25) is 9.33 Å². The summed E-state index contributed by atoms with van der Waals surface area (Å²) in [4.78, 5) is 4.81. The summed E-state index contributed by atoms with van der Waals surface area (Å²) in [6.45, 7) is 8.70. The minimum atomic E-state index is -0.171. The Labute approximate surface area is 237 Å². The molecule has 3 aromatic rings. The number of benzene rings is 3. The second-order valence-corrected chi connectivity index (χ2v) is 11.8. The van der Waals surface area contributed by atoms with Gasteiger partial charge in [0.25, 0.3) is 0 Å². The lowest BCUT2D eigenvalue weighted by molar-refractivity contribution is -0.00663. The largest absolute Gasteiger partial charge is 0.483 e. The lowest BCUT2D eigenvalue weighted by Crippen LogP contribution is -2.19. The molecule has 1 heterocycles. The highest BCUT2D eigenvalue weighted by molar-refractivity contribution is 7.99. The van der Waals surface area contributed by atoms with Crippen LogP contribution in [0.3, 0.4) is 0 Å². The molecule has 0 radical (unpaired) electrons. The molecule has 39 heavy (non-hydrogen) atoms. The van der Waals surface area contributed by atoms with Crippen LogP contribution in [0, 0.1) is 11.8 Å². The van der Waals surface area contributed by atoms with E-state index in [0.717, 1.165) is 58.6 Å². The minimum absolute atomic E-state index is 0.00300. The molecule has 6 heteroatoms. The Morgan fingerprint density at radius 3 is 2.21 bits per heavy atom. The van der Waals surface area contributed by atoms with Gasteiger partial charge in [0.1, 0.15) is 11.9 Å². The van der Waals surface area contributed by atoms with Gasteiger partial charge < -0.3 is 10.5 Å². The highest BCUT2D eigenvalue weighted by atomic mass is 32.2. The van der Waals surface area contributed by atoms with Crippen molar-refractivity contribution in [3.05, 3.63) is 83.4 Å². The number of anilines is 1. The Morgan fingerprint density at radius 2 is 1.64 bits per heavy atom. The van der Waals surface area contributed by atoms with Crippen LogP contribution in [0.4, 0.5) is 14.6 Å². The van der Waals surface area contributed by atoms with Gasteiger partial charge in [-0.2, -0.15) is 0 Å².